The SMILES string of the molecule is COc1ccc(OC)c(C(=O)/C=C/c2ccc(OC(=O)c3ccc(C(C)(C)C)cc3)cc2)c1. The van der Waals surface area contributed by atoms with Gasteiger partial charge in [-0.1, -0.05) is 51.1 Å². The highest BCUT2D eigenvalue weighted by Crippen LogP contribution is 2.25. The Morgan fingerprint density at radius 1 is 0.788 bits per heavy atom. The van der Waals surface area contributed by atoms with Gasteiger partial charge in [0.15, 0.2) is 5.78 Å². The molecule has 0 unspecified atom stereocenters. The third-order valence-corrected chi connectivity index (χ3v) is 5.18. The summed E-state index contributed by atoms with van der Waals surface area (Å²) in [7, 11) is 3.06. The molecule has 0 N–H and O–H groups in total. The van der Waals surface area contributed by atoms with E-state index in [0.29, 0.717) is 28.4 Å². The summed E-state index contributed by atoms with van der Waals surface area (Å²) in [6, 6.07) is 19.4. The van der Waals surface area contributed by atoms with Gasteiger partial charge in [-0.15, -0.1) is 0 Å². The molecule has 0 aliphatic heterocycles. The van der Waals surface area contributed by atoms with Crippen molar-refractivity contribution in [2.75, 3.05) is 14.2 Å². The van der Waals surface area contributed by atoms with Crippen LogP contribution in [0.5, 0.6) is 17.2 Å². The Balaban J connectivity index is 1.66. The molecule has 33 heavy (non-hydrogen) atoms. The number of carbonyl (C=O) groups is 2. The molecule has 0 atom stereocenters. The summed E-state index contributed by atoms with van der Waals surface area (Å²) in [4.78, 5) is 25.1. The quantitative estimate of drug-likeness (QED) is 0.190. The van der Waals surface area contributed by atoms with E-state index in [1.165, 1.54) is 13.2 Å². The summed E-state index contributed by atoms with van der Waals surface area (Å²) < 4.78 is 15.9. The van der Waals surface area contributed by atoms with Crippen LogP contribution in [0.3, 0.4) is 0 Å². The second-order valence-corrected chi connectivity index (χ2v) is 8.55. The highest BCUT2D eigenvalue weighted by Gasteiger charge is 2.15. The van der Waals surface area contributed by atoms with Crippen LogP contribution in [-0.2, 0) is 5.41 Å². The summed E-state index contributed by atoms with van der Waals surface area (Å²) in [6.45, 7) is 6.37. The van der Waals surface area contributed by atoms with Crippen LogP contribution in [0.2, 0.25) is 0 Å². The lowest BCUT2D eigenvalue weighted by Gasteiger charge is -2.18. The molecule has 5 heteroatoms. The van der Waals surface area contributed by atoms with E-state index < -0.39 is 5.97 Å². The fourth-order valence-electron chi connectivity index (χ4n) is 3.19. The molecule has 0 radical (unpaired) electrons. The summed E-state index contributed by atoms with van der Waals surface area (Å²) in [5.41, 5.74) is 2.86. The standard InChI is InChI=1S/C28H28O5/c1-28(2,3)21-11-9-20(10-12-21)27(30)33-22-13-6-19(7-14-22)8-16-25(29)24-18-23(31-4)15-17-26(24)32-5/h6-18H,1-5H3/b16-8+. The lowest BCUT2D eigenvalue weighted by molar-refractivity contribution is 0.0734. The summed E-state index contributed by atoms with van der Waals surface area (Å²) in [5.74, 6) is 0.854. The molecular weight excluding hydrogens is 416 g/mol. The first-order chi connectivity index (χ1) is 15.7. The number of carbonyl (C=O) groups excluding carboxylic acids is 2. The molecule has 0 saturated carbocycles. The molecule has 0 aliphatic carbocycles. The largest absolute Gasteiger partial charge is 0.497 e. The van der Waals surface area contributed by atoms with Crippen molar-refractivity contribution in [1.82, 2.24) is 0 Å². The Kier molecular flexibility index (Phi) is 7.34. The van der Waals surface area contributed by atoms with Gasteiger partial charge in [0.05, 0.1) is 25.3 Å². The van der Waals surface area contributed by atoms with Crippen LogP contribution in [0.1, 0.15) is 52.6 Å². The Morgan fingerprint density at radius 2 is 1.42 bits per heavy atom. The number of hydrogen-bond acceptors (Lipinski definition) is 5. The zero-order valence-corrected chi connectivity index (χ0v) is 19.5. The van der Waals surface area contributed by atoms with Crippen molar-refractivity contribution in [1.29, 1.82) is 0 Å². The van der Waals surface area contributed by atoms with Crippen molar-refractivity contribution in [2.45, 2.75) is 26.2 Å². The molecule has 0 spiro atoms. The van der Waals surface area contributed by atoms with E-state index in [9.17, 15) is 9.59 Å². The Bertz CT molecular complexity index is 1150. The number of methoxy groups -OCH3 is 2. The molecule has 0 bridgehead atoms. The van der Waals surface area contributed by atoms with Gasteiger partial charge in [-0.25, -0.2) is 4.79 Å². The molecule has 170 valence electrons. The van der Waals surface area contributed by atoms with Crippen LogP contribution < -0.4 is 14.2 Å². The fourth-order valence-corrected chi connectivity index (χ4v) is 3.19. The number of benzene rings is 3. The molecule has 0 saturated heterocycles. The van der Waals surface area contributed by atoms with Crippen LogP contribution in [0, 0.1) is 0 Å². The molecule has 3 rings (SSSR count). The first kappa shape index (κ1) is 23.8. The summed E-state index contributed by atoms with van der Waals surface area (Å²) in [6.07, 6.45) is 3.16. The van der Waals surface area contributed by atoms with E-state index in [2.05, 4.69) is 20.8 Å². The van der Waals surface area contributed by atoms with Crippen LogP contribution in [0.25, 0.3) is 6.08 Å². The predicted molar refractivity (Wildman–Crippen MR) is 129 cm³/mol. The average molecular weight is 445 g/mol. The highest BCUT2D eigenvalue weighted by molar-refractivity contribution is 6.08. The topological polar surface area (TPSA) is 61.8 Å². The lowest BCUT2D eigenvalue weighted by Crippen LogP contribution is -2.12. The van der Waals surface area contributed by atoms with Crippen LogP contribution in [-0.4, -0.2) is 26.0 Å². The van der Waals surface area contributed by atoms with Crippen molar-refractivity contribution < 1.29 is 23.8 Å². The number of ether oxygens (including phenoxy) is 3. The van der Waals surface area contributed by atoms with E-state index >= 15 is 0 Å². The maximum atomic E-state index is 12.6. The monoisotopic (exact) mass is 444 g/mol. The molecule has 3 aromatic rings. The number of hydrogen-bond donors (Lipinski definition) is 0. The predicted octanol–water partition coefficient (Wildman–Crippen LogP) is 6.12. The Morgan fingerprint density at radius 3 is 2.00 bits per heavy atom. The smallest absolute Gasteiger partial charge is 0.343 e. The van der Waals surface area contributed by atoms with E-state index in [-0.39, 0.29) is 11.2 Å². The molecule has 5 nitrogen and oxygen atoms in total. The van der Waals surface area contributed by atoms with E-state index in [4.69, 9.17) is 14.2 Å². The summed E-state index contributed by atoms with van der Waals surface area (Å²) in [5, 5.41) is 0. The van der Waals surface area contributed by atoms with Crippen molar-refractivity contribution in [2.24, 2.45) is 0 Å². The first-order valence-electron chi connectivity index (χ1n) is 10.6. The van der Waals surface area contributed by atoms with Crippen LogP contribution >= 0.6 is 0 Å². The zero-order valence-electron chi connectivity index (χ0n) is 19.5. The Hall–Kier alpha value is -3.86. The maximum absolute atomic E-state index is 12.6. The minimum atomic E-state index is -0.418. The van der Waals surface area contributed by atoms with Gasteiger partial charge in [-0.3, -0.25) is 4.79 Å². The summed E-state index contributed by atoms with van der Waals surface area (Å²) >= 11 is 0. The fraction of sp³-hybridized carbons (Fsp3) is 0.214. The average Bonchev–Trinajstić information content (AvgIpc) is 2.82. The van der Waals surface area contributed by atoms with Gasteiger partial charge in [0.1, 0.15) is 17.2 Å². The Labute approximate surface area is 194 Å². The van der Waals surface area contributed by atoms with E-state index in [1.54, 1.807) is 67.8 Å². The third-order valence-electron chi connectivity index (χ3n) is 5.18. The zero-order chi connectivity index (χ0) is 24.0. The van der Waals surface area contributed by atoms with Crippen LogP contribution in [0.15, 0.2) is 72.8 Å². The maximum Gasteiger partial charge on any atom is 0.343 e. The van der Waals surface area contributed by atoms with Gasteiger partial charge < -0.3 is 14.2 Å². The molecule has 0 amide bonds. The van der Waals surface area contributed by atoms with Gasteiger partial charge in [0.2, 0.25) is 0 Å². The third kappa shape index (κ3) is 6.10. The first-order valence-corrected chi connectivity index (χ1v) is 10.6. The molecule has 0 aromatic heterocycles. The minimum Gasteiger partial charge on any atom is -0.497 e. The van der Waals surface area contributed by atoms with Gasteiger partial charge >= 0.3 is 5.97 Å². The number of allylic oxidation sites excluding steroid dienone is 1. The van der Waals surface area contributed by atoms with Crippen molar-refractivity contribution in [3.05, 3.63) is 95.1 Å². The van der Waals surface area contributed by atoms with Gasteiger partial charge in [0.25, 0.3) is 0 Å². The number of rotatable bonds is 7. The van der Waals surface area contributed by atoms with E-state index in [0.717, 1.165) is 11.1 Å². The van der Waals surface area contributed by atoms with Crippen molar-refractivity contribution in [3.8, 4) is 17.2 Å². The lowest BCUT2D eigenvalue weighted by atomic mass is 9.87. The molecule has 0 aliphatic rings. The highest BCUT2D eigenvalue weighted by atomic mass is 16.5. The van der Waals surface area contributed by atoms with Gasteiger partial charge in [0, 0.05) is 0 Å². The van der Waals surface area contributed by atoms with E-state index in [1.807, 2.05) is 12.1 Å². The second-order valence-electron chi connectivity index (χ2n) is 8.55. The number of esters is 1. The van der Waals surface area contributed by atoms with Gasteiger partial charge in [-0.2, -0.15) is 0 Å². The normalized spacial score (nSPS) is 11.3. The van der Waals surface area contributed by atoms with Crippen LogP contribution in [0.4, 0.5) is 0 Å². The van der Waals surface area contributed by atoms with Crippen molar-refractivity contribution >= 4 is 17.8 Å². The molecular formula is C28H28O5. The molecule has 0 fully saturated rings. The van der Waals surface area contributed by atoms with Gasteiger partial charge in [-0.05, 0) is 65.1 Å². The minimum absolute atomic E-state index is 0.0187. The van der Waals surface area contributed by atoms with Crippen molar-refractivity contribution in [3.63, 3.8) is 0 Å². The molecule has 3 aromatic carbocycles. The number of ketones is 1. The molecule has 0 heterocycles. The second kappa shape index (κ2) is 10.2.